The number of nitrogens with one attached hydrogen (secondary N) is 2. The summed E-state index contributed by atoms with van der Waals surface area (Å²) in [5.74, 6) is 1.14. The molecule has 110 valence electrons. The number of para-hydroxylation sites is 1. The molecule has 0 unspecified atom stereocenters. The van der Waals surface area contributed by atoms with Gasteiger partial charge in [0, 0.05) is 18.5 Å². The van der Waals surface area contributed by atoms with Crippen LogP contribution in [0.5, 0.6) is 5.75 Å². The third-order valence-electron chi connectivity index (χ3n) is 3.42. The average Bonchev–Trinajstić information content (AvgIpc) is 2.46. The fraction of sp³-hybridized carbons (Fsp3) is 0.562. The second-order valence-corrected chi connectivity index (χ2v) is 5.65. The van der Waals surface area contributed by atoms with Crippen molar-refractivity contribution >= 4 is 5.91 Å². The Bertz CT molecular complexity index is 440. The number of carbonyl (C=O) groups excluding carboxylic acids is 1. The molecule has 0 radical (unpaired) electrons. The molecule has 0 aromatic heterocycles. The molecule has 1 saturated heterocycles. The van der Waals surface area contributed by atoms with Crippen LogP contribution in [-0.4, -0.2) is 31.6 Å². The normalized spacial score (nSPS) is 18.9. The van der Waals surface area contributed by atoms with E-state index in [1.165, 1.54) is 12.8 Å². The molecule has 1 aliphatic heterocycles. The minimum absolute atomic E-state index is 0.0719. The van der Waals surface area contributed by atoms with E-state index in [0.29, 0.717) is 23.8 Å². The Morgan fingerprint density at radius 2 is 2.25 bits per heavy atom. The van der Waals surface area contributed by atoms with Crippen LogP contribution in [0, 0.1) is 5.92 Å². The zero-order valence-electron chi connectivity index (χ0n) is 12.3. The predicted octanol–water partition coefficient (Wildman–Crippen LogP) is 2.20. The summed E-state index contributed by atoms with van der Waals surface area (Å²) in [6.45, 7) is 6.67. The van der Waals surface area contributed by atoms with Gasteiger partial charge in [-0.3, -0.25) is 4.79 Å². The third kappa shape index (κ3) is 4.23. The number of hydrogen-bond acceptors (Lipinski definition) is 3. The van der Waals surface area contributed by atoms with Gasteiger partial charge in [0.1, 0.15) is 5.75 Å². The summed E-state index contributed by atoms with van der Waals surface area (Å²) in [6.07, 6.45) is 2.39. The van der Waals surface area contributed by atoms with Crippen LogP contribution in [-0.2, 0) is 0 Å². The Balaban J connectivity index is 1.98. The van der Waals surface area contributed by atoms with Crippen LogP contribution >= 0.6 is 0 Å². The van der Waals surface area contributed by atoms with Crippen LogP contribution in [0.25, 0.3) is 0 Å². The molecule has 2 rings (SSSR count). The summed E-state index contributed by atoms with van der Waals surface area (Å²) < 4.78 is 5.88. The van der Waals surface area contributed by atoms with E-state index in [0.717, 1.165) is 13.1 Å². The number of benzene rings is 1. The Labute approximate surface area is 120 Å². The Kier molecular flexibility index (Phi) is 5.41. The molecule has 1 aromatic carbocycles. The largest absolute Gasteiger partial charge is 0.492 e. The van der Waals surface area contributed by atoms with Crippen molar-refractivity contribution in [3.8, 4) is 5.75 Å². The van der Waals surface area contributed by atoms with Gasteiger partial charge in [0.2, 0.25) is 0 Å². The molecule has 1 amide bonds. The molecule has 0 aliphatic carbocycles. The monoisotopic (exact) mass is 276 g/mol. The lowest BCUT2D eigenvalue weighted by molar-refractivity contribution is 0.0937. The fourth-order valence-electron chi connectivity index (χ4n) is 2.39. The van der Waals surface area contributed by atoms with E-state index in [1.807, 2.05) is 38.1 Å². The number of rotatable bonds is 5. The van der Waals surface area contributed by atoms with Crippen LogP contribution in [0.4, 0.5) is 0 Å². The topological polar surface area (TPSA) is 50.4 Å². The van der Waals surface area contributed by atoms with Gasteiger partial charge in [-0.1, -0.05) is 12.1 Å². The number of hydrogen-bond donors (Lipinski definition) is 2. The van der Waals surface area contributed by atoms with Crippen molar-refractivity contribution in [1.29, 1.82) is 0 Å². The molecular formula is C16H24N2O2. The summed E-state index contributed by atoms with van der Waals surface area (Å²) in [4.78, 5) is 12.1. The first-order valence-corrected chi connectivity index (χ1v) is 7.40. The van der Waals surface area contributed by atoms with Gasteiger partial charge in [0.15, 0.2) is 0 Å². The highest BCUT2D eigenvalue weighted by Gasteiger charge is 2.16. The Morgan fingerprint density at radius 3 is 2.95 bits per heavy atom. The van der Waals surface area contributed by atoms with Crippen LogP contribution in [0.2, 0.25) is 0 Å². The molecular weight excluding hydrogens is 252 g/mol. The summed E-state index contributed by atoms with van der Waals surface area (Å²) in [7, 11) is 0. The molecule has 20 heavy (non-hydrogen) atoms. The van der Waals surface area contributed by atoms with Gasteiger partial charge in [-0.05, 0) is 45.4 Å². The first-order valence-electron chi connectivity index (χ1n) is 7.40. The first-order chi connectivity index (χ1) is 9.66. The summed E-state index contributed by atoms with van der Waals surface area (Å²) in [5.41, 5.74) is 0.616. The highest BCUT2D eigenvalue weighted by Crippen LogP contribution is 2.20. The second-order valence-electron chi connectivity index (χ2n) is 5.65. The van der Waals surface area contributed by atoms with Crippen molar-refractivity contribution in [2.75, 3.05) is 19.7 Å². The molecule has 1 heterocycles. The maximum absolute atomic E-state index is 12.1. The standard InChI is InChI=1S/C16H24N2O2/c1-12(2)18-16(19)14-7-3-4-8-15(14)20-11-13-6-5-9-17-10-13/h3-4,7-8,12-13,17H,5-6,9-11H2,1-2H3,(H,18,19)/t13-/m0/s1. The lowest BCUT2D eigenvalue weighted by Gasteiger charge is -2.23. The molecule has 0 bridgehead atoms. The zero-order valence-corrected chi connectivity index (χ0v) is 12.3. The van der Waals surface area contributed by atoms with Crippen molar-refractivity contribution in [3.63, 3.8) is 0 Å². The molecule has 0 saturated carbocycles. The maximum atomic E-state index is 12.1. The second kappa shape index (κ2) is 7.29. The number of ether oxygens (including phenoxy) is 1. The van der Waals surface area contributed by atoms with Crippen molar-refractivity contribution < 1.29 is 9.53 Å². The van der Waals surface area contributed by atoms with Crippen molar-refractivity contribution in [2.45, 2.75) is 32.7 Å². The van der Waals surface area contributed by atoms with Gasteiger partial charge in [0.05, 0.1) is 12.2 Å². The first kappa shape index (κ1) is 14.9. The van der Waals surface area contributed by atoms with Crippen molar-refractivity contribution in [1.82, 2.24) is 10.6 Å². The molecule has 1 fully saturated rings. The molecule has 1 aliphatic rings. The highest BCUT2D eigenvalue weighted by molar-refractivity contribution is 5.97. The number of piperidine rings is 1. The van der Waals surface area contributed by atoms with Crippen LogP contribution in [0.15, 0.2) is 24.3 Å². The zero-order chi connectivity index (χ0) is 14.4. The molecule has 2 N–H and O–H groups in total. The van der Waals surface area contributed by atoms with Gasteiger partial charge in [-0.2, -0.15) is 0 Å². The van der Waals surface area contributed by atoms with Crippen LogP contribution in [0.3, 0.4) is 0 Å². The van der Waals surface area contributed by atoms with Gasteiger partial charge in [-0.25, -0.2) is 0 Å². The predicted molar refractivity (Wildman–Crippen MR) is 80.1 cm³/mol. The van der Waals surface area contributed by atoms with Gasteiger partial charge in [-0.15, -0.1) is 0 Å². The van der Waals surface area contributed by atoms with E-state index < -0.39 is 0 Å². The van der Waals surface area contributed by atoms with E-state index in [4.69, 9.17) is 4.74 Å². The summed E-state index contributed by atoms with van der Waals surface area (Å²) in [6, 6.07) is 7.57. The minimum Gasteiger partial charge on any atom is -0.492 e. The molecule has 1 aromatic rings. The van der Waals surface area contributed by atoms with E-state index in [9.17, 15) is 4.79 Å². The average molecular weight is 276 g/mol. The van der Waals surface area contributed by atoms with Gasteiger partial charge < -0.3 is 15.4 Å². The lowest BCUT2D eigenvalue weighted by Crippen LogP contribution is -2.33. The molecule has 4 heteroatoms. The third-order valence-corrected chi connectivity index (χ3v) is 3.42. The Morgan fingerprint density at radius 1 is 1.45 bits per heavy atom. The highest BCUT2D eigenvalue weighted by atomic mass is 16.5. The van der Waals surface area contributed by atoms with E-state index in [-0.39, 0.29) is 11.9 Å². The minimum atomic E-state index is -0.0719. The number of amides is 1. The lowest BCUT2D eigenvalue weighted by atomic mass is 10.0. The molecule has 1 atom stereocenters. The van der Waals surface area contributed by atoms with E-state index in [1.54, 1.807) is 0 Å². The van der Waals surface area contributed by atoms with E-state index >= 15 is 0 Å². The van der Waals surface area contributed by atoms with Crippen LogP contribution < -0.4 is 15.4 Å². The fourth-order valence-corrected chi connectivity index (χ4v) is 2.39. The summed E-state index contributed by atoms with van der Waals surface area (Å²) >= 11 is 0. The molecule has 4 nitrogen and oxygen atoms in total. The summed E-state index contributed by atoms with van der Waals surface area (Å²) in [5, 5.41) is 6.28. The number of carbonyl (C=O) groups is 1. The van der Waals surface area contributed by atoms with Gasteiger partial charge >= 0.3 is 0 Å². The van der Waals surface area contributed by atoms with Crippen molar-refractivity contribution in [2.24, 2.45) is 5.92 Å². The molecule has 0 spiro atoms. The van der Waals surface area contributed by atoms with E-state index in [2.05, 4.69) is 10.6 Å². The van der Waals surface area contributed by atoms with Crippen molar-refractivity contribution in [3.05, 3.63) is 29.8 Å². The van der Waals surface area contributed by atoms with Gasteiger partial charge in [0.25, 0.3) is 5.91 Å². The quantitative estimate of drug-likeness (QED) is 0.867. The maximum Gasteiger partial charge on any atom is 0.255 e. The SMILES string of the molecule is CC(C)NC(=O)c1ccccc1OC[C@H]1CCCNC1. The smallest absolute Gasteiger partial charge is 0.255 e. The Hall–Kier alpha value is -1.55. The van der Waals surface area contributed by atoms with Crippen LogP contribution in [0.1, 0.15) is 37.0 Å².